The van der Waals surface area contributed by atoms with Crippen molar-refractivity contribution in [1.29, 1.82) is 0 Å². The monoisotopic (exact) mass is 400 g/mol. The van der Waals surface area contributed by atoms with Crippen LogP contribution in [-0.4, -0.2) is 12.0 Å². The van der Waals surface area contributed by atoms with Gasteiger partial charge in [0.05, 0.1) is 10.7 Å². The van der Waals surface area contributed by atoms with Gasteiger partial charge in [-0.05, 0) is 47.3 Å². The number of halogens is 1. The van der Waals surface area contributed by atoms with Crippen LogP contribution in [0.3, 0.4) is 0 Å². The van der Waals surface area contributed by atoms with Crippen LogP contribution in [0.1, 0.15) is 43.1 Å². The molecule has 1 atom stereocenters. The molecule has 4 heteroatoms. The molecule has 1 aromatic carbocycles. The van der Waals surface area contributed by atoms with Crippen LogP contribution in [-0.2, 0) is 11.8 Å². The number of rotatable bonds is 4. The summed E-state index contributed by atoms with van der Waals surface area (Å²) in [5.74, 6) is 0. The zero-order valence-electron chi connectivity index (χ0n) is 12.4. The lowest BCUT2D eigenvalue weighted by Gasteiger charge is -2.16. The zero-order chi connectivity index (χ0) is 14.8. The first-order chi connectivity index (χ1) is 9.40. The predicted octanol–water partition coefficient (Wildman–Crippen LogP) is 4.55. The fourth-order valence-corrected chi connectivity index (χ4v) is 3.43. The maximum Gasteiger partial charge on any atom is 0.0947 e. The second-order valence-corrected chi connectivity index (χ2v) is 8.16. The molecule has 0 spiro atoms. The zero-order valence-corrected chi connectivity index (χ0v) is 15.4. The molecule has 1 aromatic heterocycles. The van der Waals surface area contributed by atoms with Gasteiger partial charge in [0.1, 0.15) is 0 Å². The summed E-state index contributed by atoms with van der Waals surface area (Å²) in [6.07, 6.45) is 0.942. The van der Waals surface area contributed by atoms with Gasteiger partial charge in [-0.15, -0.1) is 11.3 Å². The SMILES string of the molecule is CNC(Cc1nc(C(C)(C)C)cs1)c1ccc(I)cc1. The molecular formula is C16H21IN2S. The lowest BCUT2D eigenvalue weighted by atomic mass is 9.93. The molecule has 0 aliphatic carbocycles. The number of aromatic nitrogens is 1. The van der Waals surface area contributed by atoms with Crippen LogP contribution in [0.4, 0.5) is 0 Å². The molecule has 0 fully saturated rings. The minimum absolute atomic E-state index is 0.132. The molecule has 108 valence electrons. The molecule has 2 nitrogen and oxygen atoms in total. The largest absolute Gasteiger partial charge is 0.313 e. The molecule has 0 aliphatic rings. The third kappa shape index (κ3) is 4.02. The highest BCUT2D eigenvalue weighted by Crippen LogP contribution is 2.26. The second kappa shape index (κ2) is 6.54. The lowest BCUT2D eigenvalue weighted by Crippen LogP contribution is -2.19. The van der Waals surface area contributed by atoms with Crippen LogP contribution in [0, 0.1) is 3.57 Å². The van der Waals surface area contributed by atoms with Crippen LogP contribution >= 0.6 is 33.9 Å². The van der Waals surface area contributed by atoms with Crippen molar-refractivity contribution < 1.29 is 0 Å². The second-order valence-electron chi connectivity index (χ2n) is 5.97. The maximum absolute atomic E-state index is 4.79. The van der Waals surface area contributed by atoms with E-state index < -0.39 is 0 Å². The number of nitrogens with zero attached hydrogens (tertiary/aromatic N) is 1. The summed E-state index contributed by atoms with van der Waals surface area (Å²) in [5.41, 5.74) is 2.64. The first-order valence-electron chi connectivity index (χ1n) is 6.78. The Hall–Kier alpha value is -0.460. The molecule has 0 amide bonds. The number of benzene rings is 1. The van der Waals surface area contributed by atoms with Gasteiger partial charge in [0, 0.05) is 26.8 Å². The van der Waals surface area contributed by atoms with Crippen LogP contribution in [0.15, 0.2) is 29.6 Å². The van der Waals surface area contributed by atoms with Gasteiger partial charge in [0.2, 0.25) is 0 Å². The molecule has 2 rings (SSSR count). The van der Waals surface area contributed by atoms with Gasteiger partial charge < -0.3 is 5.32 Å². The highest BCUT2D eigenvalue weighted by atomic mass is 127. The van der Waals surface area contributed by atoms with Crippen molar-refractivity contribution in [3.63, 3.8) is 0 Å². The van der Waals surface area contributed by atoms with Crippen LogP contribution in [0.5, 0.6) is 0 Å². The molecule has 1 unspecified atom stereocenters. The third-order valence-corrected chi connectivity index (χ3v) is 4.91. The first kappa shape index (κ1) is 15.9. The quantitative estimate of drug-likeness (QED) is 0.762. The molecule has 0 saturated heterocycles. The molecule has 0 bridgehead atoms. The minimum Gasteiger partial charge on any atom is -0.313 e. The van der Waals surface area contributed by atoms with E-state index >= 15 is 0 Å². The molecule has 0 radical (unpaired) electrons. The van der Waals surface area contributed by atoms with E-state index in [1.165, 1.54) is 19.8 Å². The highest BCUT2D eigenvalue weighted by Gasteiger charge is 2.19. The summed E-state index contributed by atoms with van der Waals surface area (Å²) in [5, 5.41) is 6.79. The number of nitrogens with one attached hydrogen (secondary N) is 1. The Morgan fingerprint density at radius 3 is 2.40 bits per heavy atom. The minimum atomic E-state index is 0.132. The van der Waals surface area contributed by atoms with Crippen molar-refractivity contribution in [2.24, 2.45) is 0 Å². The summed E-state index contributed by atoms with van der Waals surface area (Å²) in [6.45, 7) is 6.63. The van der Waals surface area contributed by atoms with E-state index in [0.29, 0.717) is 6.04 Å². The van der Waals surface area contributed by atoms with Gasteiger partial charge in [-0.3, -0.25) is 0 Å². The molecular weight excluding hydrogens is 379 g/mol. The van der Waals surface area contributed by atoms with E-state index in [1.54, 1.807) is 11.3 Å². The average molecular weight is 400 g/mol. The average Bonchev–Trinajstić information content (AvgIpc) is 2.85. The molecule has 1 heterocycles. The maximum atomic E-state index is 4.79. The molecule has 2 aromatic rings. The van der Waals surface area contributed by atoms with Gasteiger partial charge in [-0.2, -0.15) is 0 Å². The Kier molecular flexibility index (Phi) is 5.20. The van der Waals surface area contributed by atoms with Gasteiger partial charge in [0.25, 0.3) is 0 Å². The van der Waals surface area contributed by atoms with Crippen molar-refractivity contribution in [2.45, 2.75) is 38.6 Å². The summed E-state index contributed by atoms with van der Waals surface area (Å²) >= 11 is 4.10. The van der Waals surface area contributed by atoms with E-state index in [-0.39, 0.29) is 5.41 Å². The molecule has 20 heavy (non-hydrogen) atoms. The summed E-state index contributed by atoms with van der Waals surface area (Å²) in [4.78, 5) is 4.79. The smallest absolute Gasteiger partial charge is 0.0947 e. The van der Waals surface area contributed by atoms with Crippen LogP contribution in [0.2, 0.25) is 0 Å². The van der Waals surface area contributed by atoms with Crippen molar-refractivity contribution in [3.8, 4) is 0 Å². The molecule has 0 aliphatic heterocycles. The number of likely N-dealkylation sites (N-methyl/N-ethyl adjacent to an activating group) is 1. The van der Waals surface area contributed by atoms with Gasteiger partial charge in [0.15, 0.2) is 0 Å². The Morgan fingerprint density at radius 2 is 1.90 bits per heavy atom. The van der Waals surface area contributed by atoms with E-state index in [1.807, 2.05) is 7.05 Å². The molecule has 0 saturated carbocycles. The number of hydrogen-bond donors (Lipinski definition) is 1. The standard InChI is InChI=1S/C16H21IN2S/c1-16(2,3)14-10-20-15(19-14)9-13(18-4)11-5-7-12(17)8-6-11/h5-8,10,13,18H,9H2,1-4H3. The summed E-state index contributed by atoms with van der Waals surface area (Å²) < 4.78 is 1.27. The Bertz CT molecular complexity index is 555. The van der Waals surface area contributed by atoms with E-state index in [2.05, 4.69) is 78.3 Å². The van der Waals surface area contributed by atoms with Gasteiger partial charge >= 0.3 is 0 Å². The summed E-state index contributed by atoms with van der Waals surface area (Å²) in [7, 11) is 2.01. The predicted molar refractivity (Wildman–Crippen MR) is 95.5 cm³/mol. The number of hydrogen-bond acceptors (Lipinski definition) is 3. The first-order valence-corrected chi connectivity index (χ1v) is 8.73. The Balaban J connectivity index is 2.14. The highest BCUT2D eigenvalue weighted by molar-refractivity contribution is 14.1. The lowest BCUT2D eigenvalue weighted by molar-refractivity contribution is 0.560. The third-order valence-electron chi connectivity index (χ3n) is 3.32. The molecule has 1 N–H and O–H groups in total. The Labute approximate surface area is 139 Å². The topological polar surface area (TPSA) is 24.9 Å². The van der Waals surface area contributed by atoms with Crippen LogP contribution in [0.25, 0.3) is 0 Å². The van der Waals surface area contributed by atoms with E-state index in [9.17, 15) is 0 Å². The van der Waals surface area contributed by atoms with Gasteiger partial charge in [-0.25, -0.2) is 4.98 Å². The van der Waals surface area contributed by atoms with Crippen molar-refractivity contribution in [2.75, 3.05) is 7.05 Å². The fraction of sp³-hybridized carbons (Fsp3) is 0.438. The van der Waals surface area contributed by atoms with Crippen LogP contribution < -0.4 is 5.32 Å². The van der Waals surface area contributed by atoms with Gasteiger partial charge in [-0.1, -0.05) is 32.9 Å². The van der Waals surface area contributed by atoms with E-state index in [0.717, 1.165) is 6.42 Å². The van der Waals surface area contributed by atoms with E-state index in [4.69, 9.17) is 4.98 Å². The van der Waals surface area contributed by atoms with Crippen molar-refractivity contribution in [3.05, 3.63) is 49.5 Å². The fourth-order valence-electron chi connectivity index (χ4n) is 2.01. The number of thiazole rings is 1. The van der Waals surface area contributed by atoms with Crippen molar-refractivity contribution in [1.82, 2.24) is 10.3 Å². The van der Waals surface area contributed by atoms with Crippen molar-refractivity contribution >= 4 is 33.9 Å². The normalized spacial score (nSPS) is 13.4. The Morgan fingerprint density at radius 1 is 1.25 bits per heavy atom. The summed E-state index contributed by atoms with van der Waals surface area (Å²) in [6, 6.07) is 9.03.